The lowest BCUT2D eigenvalue weighted by molar-refractivity contribution is 1.34. The number of pyridine rings is 1. The maximum Gasteiger partial charge on any atom is 0.374 e. The zero-order chi connectivity index (χ0) is 11.1. The Hall–Kier alpha value is -0.765. The smallest absolute Gasteiger partial charge is 0.374 e. The van der Waals surface area contributed by atoms with Crippen LogP contribution in [0.25, 0.3) is 21.9 Å². The first-order valence-electron chi connectivity index (χ1n) is 5.25. The summed E-state index contributed by atoms with van der Waals surface area (Å²) in [6.07, 6.45) is 1.87. The lowest BCUT2D eigenvalue weighted by atomic mass is 10.2. The molecule has 0 aliphatic rings. The van der Waals surface area contributed by atoms with E-state index < -0.39 is 0 Å². The van der Waals surface area contributed by atoms with Crippen molar-refractivity contribution < 1.29 is 0 Å². The van der Waals surface area contributed by atoms with Crippen molar-refractivity contribution in [2.24, 2.45) is 0 Å². The minimum absolute atomic E-state index is 0.227. The first kappa shape index (κ1) is 10.4. The van der Waals surface area contributed by atoms with E-state index in [4.69, 9.17) is 0 Å². The van der Waals surface area contributed by atoms with Crippen molar-refractivity contribution in [3.05, 3.63) is 36.5 Å². The molecule has 0 unspecified atom stereocenters. The number of para-hydroxylation sites is 1. The molecule has 0 saturated carbocycles. The molecule has 3 rings (SSSR count). The van der Waals surface area contributed by atoms with Crippen LogP contribution in [0, 0.1) is 0 Å². The van der Waals surface area contributed by atoms with Gasteiger partial charge in [-0.2, -0.15) is 0 Å². The third-order valence-electron chi connectivity index (χ3n) is 2.87. The predicted octanol–water partition coefficient (Wildman–Crippen LogP) is 1.50. The molecule has 3 radical (unpaired) electrons. The molecule has 0 saturated heterocycles. The number of nitrogens with zero attached hydrogens (tertiary/aromatic N) is 2. The fourth-order valence-electron chi connectivity index (χ4n) is 2.21. The highest BCUT2D eigenvalue weighted by molar-refractivity contribution is 6.44. The van der Waals surface area contributed by atoms with Crippen molar-refractivity contribution in [2.75, 3.05) is 0 Å². The molecule has 16 heavy (non-hydrogen) atoms. The average molecular weight is 235 g/mol. The van der Waals surface area contributed by atoms with Gasteiger partial charge in [-0.3, -0.25) is 4.98 Å². The van der Waals surface area contributed by atoms with Gasteiger partial charge in [0, 0.05) is 22.6 Å². The monoisotopic (exact) mass is 235 g/mol. The molecule has 0 bridgehead atoms. The average Bonchev–Trinajstić information content (AvgIpc) is 2.65. The summed E-state index contributed by atoms with van der Waals surface area (Å²) in [7, 11) is 0. The van der Waals surface area contributed by atoms with Crippen LogP contribution >= 0.6 is 0 Å². The summed E-state index contributed by atoms with van der Waals surface area (Å²) in [5, 5.41) is 1.26. The fraction of sp³-hybridized carbons (Fsp3) is 0.0833. The molecule has 0 spiro atoms. The zero-order valence-electron chi connectivity index (χ0n) is 9.01. The number of hydrogen-bond donors (Lipinski definition) is 0. The van der Waals surface area contributed by atoms with Gasteiger partial charge in [0.25, 0.3) is 0 Å². The van der Waals surface area contributed by atoms with Crippen molar-refractivity contribution >= 4 is 58.1 Å². The van der Waals surface area contributed by atoms with Crippen molar-refractivity contribution in [3.8, 4) is 0 Å². The Bertz CT molecular complexity index is 673. The van der Waals surface area contributed by atoms with E-state index in [1.807, 2.05) is 12.3 Å². The summed E-state index contributed by atoms with van der Waals surface area (Å²) in [6.45, 7) is 0. The third-order valence-corrected chi connectivity index (χ3v) is 4.39. The van der Waals surface area contributed by atoms with Gasteiger partial charge in [0.1, 0.15) is 0 Å². The number of aromatic nitrogens is 2. The normalized spacial score (nSPS) is 11.1. The van der Waals surface area contributed by atoms with Gasteiger partial charge in [0.15, 0.2) is 16.3 Å². The van der Waals surface area contributed by atoms with E-state index in [0.29, 0.717) is 0 Å². The first-order chi connectivity index (χ1) is 7.83. The molecule has 2 heterocycles. The Morgan fingerprint density at radius 2 is 2.12 bits per heavy atom. The van der Waals surface area contributed by atoms with Crippen molar-refractivity contribution in [2.45, 2.75) is 5.79 Å². The highest BCUT2D eigenvalue weighted by Gasteiger charge is 2.10. The van der Waals surface area contributed by atoms with Gasteiger partial charge in [-0.25, -0.2) is 0 Å². The van der Waals surface area contributed by atoms with Crippen LogP contribution in [0.1, 0.15) is 0 Å². The predicted molar refractivity (Wildman–Crippen MR) is 69.6 cm³/mol. The number of benzene rings is 1. The van der Waals surface area contributed by atoms with E-state index in [1.165, 1.54) is 20.8 Å². The summed E-state index contributed by atoms with van der Waals surface area (Å²) in [6, 6.07) is 10.5. The van der Waals surface area contributed by atoms with Gasteiger partial charge in [0.05, 0.1) is 5.52 Å². The molecule has 3 aromatic rings. The molecule has 0 N–H and O–H groups in total. The molecule has 0 atom stereocenters. The summed E-state index contributed by atoms with van der Waals surface area (Å²) in [5.74, 6) is 2.25. The Labute approximate surface area is 109 Å². The maximum atomic E-state index is 4.50. The van der Waals surface area contributed by atoms with Crippen molar-refractivity contribution in [3.63, 3.8) is 0 Å². The topological polar surface area (TPSA) is 17.8 Å². The van der Waals surface area contributed by atoms with Gasteiger partial charge in [-0.1, -0.05) is 24.0 Å². The highest BCUT2D eigenvalue weighted by atomic mass is 27.1. The second kappa shape index (κ2) is 3.92. The van der Waals surface area contributed by atoms with Crippen LogP contribution < -0.4 is 4.43 Å². The van der Waals surface area contributed by atoms with E-state index in [9.17, 15) is 0 Å². The third kappa shape index (κ3) is 1.36. The Balaban J connectivity index is 2.64. The van der Waals surface area contributed by atoms with Gasteiger partial charge in [-0.05, 0) is 12.1 Å². The van der Waals surface area contributed by atoms with Gasteiger partial charge in [-0.15, -0.1) is 4.43 Å². The van der Waals surface area contributed by atoms with Crippen LogP contribution in [0.15, 0.2) is 36.5 Å². The van der Waals surface area contributed by atoms with E-state index in [2.05, 4.69) is 54.9 Å². The van der Waals surface area contributed by atoms with Gasteiger partial charge < -0.3 is 3.55 Å². The maximum absolute atomic E-state index is 4.50. The van der Waals surface area contributed by atoms with E-state index >= 15 is 0 Å². The Morgan fingerprint density at radius 3 is 2.94 bits per heavy atom. The Kier molecular flexibility index (Phi) is 2.54. The number of fused-ring (bicyclic) bond motifs is 3. The molecule has 0 fully saturated rings. The molecule has 0 amide bonds. The fourth-order valence-corrected chi connectivity index (χ4v) is 3.80. The minimum atomic E-state index is 0.227. The van der Waals surface area contributed by atoms with Gasteiger partial charge >= 0.3 is 15.4 Å². The van der Waals surface area contributed by atoms with E-state index in [1.54, 1.807) is 0 Å². The molecular weight excluding hydrogens is 226 g/mol. The molecule has 4 heteroatoms. The SMILES string of the molecule is [CH3][Al][n]1c2cccnc2c2ccc[c]([Al])c21. The van der Waals surface area contributed by atoms with Gasteiger partial charge in [0.2, 0.25) is 0 Å². The first-order valence-corrected chi connectivity index (χ1v) is 7.50. The van der Waals surface area contributed by atoms with Crippen molar-refractivity contribution in [1.82, 2.24) is 8.53 Å². The number of rotatable bonds is 1. The molecule has 1 aromatic carbocycles. The minimum Gasteiger partial charge on any atom is -0.441 e. The van der Waals surface area contributed by atoms with Crippen molar-refractivity contribution in [1.29, 1.82) is 0 Å². The summed E-state index contributed by atoms with van der Waals surface area (Å²) >= 11 is 3.05. The van der Waals surface area contributed by atoms with Crippen LogP contribution in [0.2, 0.25) is 5.79 Å². The lowest BCUT2D eigenvalue weighted by Crippen LogP contribution is -2.11. The quantitative estimate of drug-likeness (QED) is 0.584. The van der Waals surface area contributed by atoms with Crippen LogP contribution in [-0.2, 0) is 0 Å². The molecule has 0 aliphatic heterocycles. The molecule has 2 aromatic heterocycles. The van der Waals surface area contributed by atoms with E-state index in [-0.39, 0.29) is 15.4 Å². The second-order valence-electron chi connectivity index (χ2n) is 3.74. The molecule has 73 valence electrons. The van der Waals surface area contributed by atoms with Crippen LogP contribution in [0.4, 0.5) is 0 Å². The highest BCUT2D eigenvalue weighted by Crippen LogP contribution is 2.24. The van der Waals surface area contributed by atoms with Crippen LogP contribution in [0.3, 0.4) is 0 Å². The Morgan fingerprint density at radius 1 is 1.25 bits per heavy atom. The molecular formula is C12H9Al2N2. The summed E-state index contributed by atoms with van der Waals surface area (Å²) in [4.78, 5) is 4.50. The number of hydrogen-bond acceptors (Lipinski definition) is 1. The standard InChI is InChI=1S/C11H6N2.CH3.2Al/c1-2-5-9-8(4-1)11-10(13-9)6-3-7-12-11;;;/h1-4,6-7H;1H3;;/q-1;;;+1. The van der Waals surface area contributed by atoms with E-state index in [0.717, 1.165) is 5.52 Å². The lowest BCUT2D eigenvalue weighted by Gasteiger charge is -2.05. The van der Waals surface area contributed by atoms with Crippen LogP contribution in [-0.4, -0.2) is 40.3 Å². The molecule has 2 nitrogen and oxygen atoms in total. The summed E-state index contributed by atoms with van der Waals surface area (Å²) in [5.41, 5.74) is 3.69. The largest absolute Gasteiger partial charge is 0.441 e. The second-order valence-corrected chi connectivity index (χ2v) is 5.40. The van der Waals surface area contributed by atoms with Crippen LogP contribution in [0.5, 0.6) is 0 Å². The summed E-state index contributed by atoms with van der Waals surface area (Å²) < 4.78 is 3.66. The zero-order valence-corrected chi connectivity index (χ0v) is 11.3. The molecule has 0 aliphatic carbocycles.